The molecule has 0 aliphatic rings. The highest BCUT2D eigenvalue weighted by molar-refractivity contribution is 7.91. The molecule has 29 heavy (non-hydrogen) atoms. The van der Waals surface area contributed by atoms with Crippen molar-refractivity contribution < 1.29 is 13.2 Å². The average molecular weight is 469 g/mol. The van der Waals surface area contributed by atoms with Gasteiger partial charge >= 0.3 is 0 Å². The van der Waals surface area contributed by atoms with E-state index in [1.165, 1.54) is 19.2 Å². The van der Waals surface area contributed by atoms with E-state index in [0.717, 1.165) is 26.8 Å². The molecule has 152 valence electrons. The van der Waals surface area contributed by atoms with Crippen LogP contribution >= 0.6 is 34.5 Å². The normalized spacial score (nSPS) is 12.7. The summed E-state index contributed by atoms with van der Waals surface area (Å²) in [5.74, 6) is -0.428. The number of sulfonamides is 1. The summed E-state index contributed by atoms with van der Waals surface area (Å²) in [6.07, 6.45) is 0. The van der Waals surface area contributed by atoms with Crippen LogP contribution in [0.5, 0.6) is 0 Å². The first kappa shape index (κ1) is 21.8. The van der Waals surface area contributed by atoms with E-state index in [2.05, 4.69) is 5.32 Å². The standard InChI is InChI=1S/C20H18Cl2N2O3S2/c1-24(29(26,27)19-12-11-17(22)28-19)13-18(25)23-20(14-5-3-2-4-6-14)15-7-9-16(21)10-8-15/h2-12,20H,13H2,1H3,(H,23,25). The second kappa shape index (κ2) is 9.28. The SMILES string of the molecule is CN(CC(=O)NC(c1ccccc1)c1ccc(Cl)cc1)S(=O)(=O)c1ccc(Cl)s1. The maximum absolute atomic E-state index is 12.7. The molecule has 0 fully saturated rings. The topological polar surface area (TPSA) is 66.5 Å². The first-order valence-corrected chi connectivity index (χ1v) is 11.6. The smallest absolute Gasteiger partial charge is 0.252 e. The van der Waals surface area contributed by atoms with Crippen LogP contribution in [0.25, 0.3) is 0 Å². The summed E-state index contributed by atoms with van der Waals surface area (Å²) in [6, 6.07) is 19.1. The number of carbonyl (C=O) groups excluding carboxylic acids is 1. The fourth-order valence-electron chi connectivity index (χ4n) is 2.74. The lowest BCUT2D eigenvalue weighted by Gasteiger charge is -2.22. The summed E-state index contributed by atoms with van der Waals surface area (Å²) in [4.78, 5) is 12.7. The predicted octanol–water partition coefficient (Wildman–Crippen LogP) is 4.58. The van der Waals surface area contributed by atoms with Crippen LogP contribution in [-0.2, 0) is 14.8 Å². The van der Waals surface area contributed by atoms with Crippen LogP contribution in [0.1, 0.15) is 17.2 Å². The molecular formula is C20H18Cl2N2O3S2. The number of amides is 1. The van der Waals surface area contributed by atoms with E-state index < -0.39 is 22.0 Å². The number of rotatable bonds is 7. The summed E-state index contributed by atoms with van der Waals surface area (Å²) in [5, 5.41) is 3.51. The minimum atomic E-state index is -3.79. The first-order valence-electron chi connectivity index (χ1n) is 8.59. The van der Waals surface area contributed by atoms with Crippen LogP contribution in [0.2, 0.25) is 9.36 Å². The van der Waals surface area contributed by atoms with Crippen molar-refractivity contribution in [2.45, 2.75) is 10.3 Å². The van der Waals surface area contributed by atoms with E-state index in [-0.39, 0.29) is 10.8 Å². The van der Waals surface area contributed by atoms with Crippen molar-refractivity contribution in [3.63, 3.8) is 0 Å². The summed E-state index contributed by atoms with van der Waals surface area (Å²) < 4.78 is 26.7. The Morgan fingerprint density at radius 2 is 1.62 bits per heavy atom. The van der Waals surface area contributed by atoms with E-state index >= 15 is 0 Å². The molecule has 0 saturated heterocycles. The van der Waals surface area contributed by atoms with Crippen molar-refractivity contribution in [2.24, 2.45) is 0 Å². The third kappa shape index (κ3) is 5.38. The lowest BCUT2D eigenvalue weighted by molar-refractivity contribution is -0.121. The van der Waals surface area contributed by atoms with Crippen molar-refractivity contribution in [1.29, 1.82) is 0 Å². The van der Waals surface area contributed by atoms with Gasteiger partial charge in [-0.2, -0.15) is 4.31 Å². The van der Waals surface area contributed by atoms with Crippen LogP contribution in [0, 0.1) is 0 Å². The molecule has 3 rings (SSSR count). The maximum atomic E-state index is 12.7. The molecule has 1 N–H and O–H groups in total. The largest absolute Gasteiger partial charge is 0.344 e. The van der Waals surface area contributed by atoms with Crippen LogP contribution in [0.3, 0.4) is 0 Å². The number of carbonyl (C=O) groups is 1. The lowest BCUT2D eigenvalue weighted by atomic mass is 9.99. The predicted molar refractivity (Wildman–Crippen MR) is 117 cm³/mol. The van der Waals surface area contributed by atoms with Crippen LogP contribution in [0.15, 0.2) is 70.9 Å². The molecule has 1 heterocycles. The van der Waals surface area contributed by atoms with Gasteiger partial charge in [-0.05, 0) is 35.4 Å². The number of halogens is 2. The van der Waals surface area contributed by atoms with Gasteiger partial charge in [0.25, 0.3) is 10.0 Å². The number of likely N-dealkylation sites (N-methyl/N-ethyl adjacent to an activating group) is 1. The quantitative estimate of drug-likeness (QED) is 0.551. The fraction of sp³-hybridized carbons (Fsp3) is 0.150. The van der Waals surface area contributed by atoms with Gasteiger partial charge in [-0.15, -0.1) is 11.3 Å². The van der Waals surface area contributed by atoms with Gasteiger partial charge in [-0.1, -0.05) is 65.7 Å². The Bertz CT molecular complexity index is 1080. The number of hydrogen-bond donors (Lipinski definition) is 1. The van der Waals surface area contributed by atoms with E-state index in [4.69, 9.17) is 23.2 Å². The van der Waals surface area contributed by atoms with Gasteiger partial charge in [-0.3, -0.25) is 4.79 Å². The molecule has 0 aliphatic heterocycles. The summed E-state index contributed by atoms with van der Waals surface area (Å²) in [6.45, 7) is -0.325. The highest BCUT2D eigenvalue weighted by Crippen LogP contribution is 2.28. The molecule has 3 aromatic rings. The second-order valence-corrected chi connectivity index (χ2v) is 10.7. The minimum absolute atomic E-state index is 0.0927. The fourth-order valence-corrected chi connectivity index (χ4v) is 5.69. The first-order chi connectivity index (χ1) is 13.8. The molecule has 5 nitrogen and oxygen atoms in total. The van der Waals surface area contributed by atoms with Gasteiger partial charge in [0.05, 0.1) is 16.9 Å². The third-order valence-electron chi connectivity index (χ3n) is 4.22. The molecule has 0 aliphatic carbocycles. The molecule has 0 bridgehead atoms. The Kier molecular flexibility index (Phi) is 6.97. The number of thiophene rings is 1. The molecule has 1 unspecified atom stereocenters. The van der Waals surface area contributed by atoms with E-state index in [1.54, 1.807) is 12.1 Å². The zero-order valence-electron chi connectivity index (χ0n) is 15.4. The summed E-state index contributed by atoms with van der Waals surface area (Å²) >= 11 is 12.8. The second-order valence-electron chi connectivity index (χ2n) is 6.28. The van der Waals surface area contributed by atoms with Crippen molar-refractivity contribution in [2.75, 3.05) is 13.6 Å². The van der Waals surface area contributed by atoms with Gasteiger partial charge in [0.1, 0.15) is 4.21 Å². The van der Waals surface area contributed by atoms with E-state index in [0.29, 0.717) is 9.36 Å². The molecule has 0 spiro atoms. The Morgan fingerprint density at radius 1 is 1.00 bits per heavy atom. The molecule has 1 amide bonds. The average Bonchev–Trinajstić information content (AvgIpc) is 3.15. The Balaban J connectivity index is 1.79. The minimum Gasteiger partial charge on any atom is -0.344 e. The van der Waals surface area contributed by atoms with Gasteiger partial charge < -0.3 is 5.32 Å². The van der Waals surface area contributed by atoms with Gasteiger partial charge in [-0.25, -0.2) is 8.42 Å². The summed E-state index contributed by atoms with van der Waals surface area (Å²) in [7, 11) is -2.43. The van der Waals surface area contributed by atoms with Crippen LogP contribution in [-0.4, -0.2) is 32.2 Å². The Labute approximate surface area is 183 Å². The number of benzene rings is 2. The molecule has 0 saturated carbocycles. The van der Waals surface area contributed by atoms with Crippen molar-refractivity contribution in [3.05, 3.63) is 87.2 Å². The van der Waals surface area contributed by atoms with E-state index in [1.807, 2.05) is 42.5 Å². The highest BCUT2D eigenvalue weighted by atomic mass is 35.5. The van der Waals surface area contributed by atoms with Crippen molar-refractivity contribution in [3.8, 4) is 0 Å². The molecular weight excluding hydrogens is 451 g/mol. The van der Waals surface area contributed by atoms with Crippen LogP contribution in [0.4, 0.5) is 0 Å². The molecule has 0 radical (unpaired) electrons. The van der Waals surface area contributed by atoms with E-state index in [9.17, 15) is 13.2 Å². The van der Waals surface area contributed by atoms with Gasteiger partial charge in [0, 0.05) is 12.1 Å². The maximum Gasteiger partial charge on any atom is 0.252 e. The zero-order chi connectivity index (χ0) is 21.0. The summed E-state index contributed by atoms with van der Waals surface area (Å²) in [5.41, 5.74) is 1.71. The number of nitrogens with zero attached hydrogens (tertiary/aromatic N) is 1. The Morgan fingerprint density at radius 3 is 2.21 bits per heavy atom. The third-order valence-corrected chi connectivity index (χ3v) is 7.97. The Hall–Kier alpha value is -1.90. The highest BCUT2D eigenvalue weighted by Gasteiger charge is 2.26. The molecule has 1 aromatic heterocycles. The molecule has 1 atom stereocenters. The van der Waals surface area contributed by atoms with Gasteiger partial charge in [0.15, 0.2) is 0 Å². The number of hydrogen-bond acceptors (Lipinski definition) is 4. The zero-order valence-corrected chi connectivity index (χ0v) is 18.5. The van der Waals surface area contributed by atoms with Crippen molar-refractivity contribution >= 4 is 50.5 Å². The van der Waals surface area contributed by atoms with Crippen molar-refractivity contribution in [1.82, 2.24) is 9.62 Å². The monoisotopic (exact) mass is 468 g/mol. The number of nitrogens with one attached hydrogen (secondary N) is 1. The lowest BCUT2D eigenvalue weighted by Crippen LogP contribution is -2.39. The van der Waals surface area contributed by atoms with Gasteiger partial charge in [0.2, 0.25) is 5.91 Å². The van der Waals surface area contributed by atoms with Crippen LogP contribution < -0.4 is 5.32 Å². The molecule has 2 aromatic carbocycles. The molecule has 9 heteroatoms.